The van der Waals surface area contributed by atoms with E-state index in [0.29, 0.717) is 11.8 Å². The van der Waals surface area contributed by atoms with Gasteiger partial charge < -0.3 is 5.32 Å². The summed E-state index contributed by atoms with van der Waals surface area (Å²) >= 11 is 0. The van der Waals surface area contributed by atoms with E-state index in [0.717, 1.165) is 17.7 Å². The number of nitrogens with zero attached hydrogens (tertiary/aromatic N) is 1. The third-order valence-electron chi connectivity index (χ3n) is 4.96. The molecule has 1 aliphatic heterocycles. The largest absolute Gasteiger partial charge is 0.378 e. The predicted molar refractivity (Wildman–Crippen MR) is 90.6 cm³/mol. The van der Waals surface area contributed by atoms with Gasteiger partial charge in [0.05, 0.1) is 11.0 Å². The predicted octanol–water partition coefficient (Wildman–Crippen LogP) is 4.73. The van der Waals surface area contributed by atoms with E-state index in [4.69, 9.17) is 0 Å². The van der Waals surface area contributed by atoms with Crippen molar-refractivity contribution in [3.05, 3.63) is 81.4 Å². The van der Waals surface area contributed by atoms with Gasteiger partial charge in [0.15, 0.2) is 0 Å². The summed E-state index contributed by atoms with van der Waals surface area (Å²) in [5.41, 5.74) is 4.88. The van der Waals surface area contributed by atoms with Crippen LogP contribution in [0.1, 0.15) is 35.1 Å². The van der Waals surface area contributed by atoms with Gasteiger partial charge >= 0.3 is 0 Å². The summed E-state index contributed by atoms with van der Waals surface area (Å²) in [5, 5.41) is 14.7. The highest BCUT2D eigenvalue weighted by molar-refractivity contribution is 5.61. The van der Waals surface area contributed by atoms with E-state index >= 15 is 0 Å². The van der Waals surface area contributed by atoms with Crippen molar-refractivity contribution in [1.29, 1.82) is 0 Å². The maximum absolute atomic E-state index is 11.1. The lowest BCUT2D eigenvalue weighted by Crippen LogP contribution is -2.29. The van der Waals surface area contributed by atoms with Crippen molar-refractivity contribution in [2.75, 3.05) is 5.32 Å². The first-order valence-corrected chi connectivity index (χ1v) is 7.91. The summed E-state index contributed by atoms with van der Waals surface area (Å²) in [6, 6.07) is 13.6. The van der Waals surface area contributed by atoms with Crippen LogP contribution in [0.3, 0.4) is 0 Å². The van der Waals surface area contributed by atoms with Crippen LogP contribution in [0.5, 0.6) is 0 Å². The molecular weight excluding hydrogens is 288 g/mol. The number of rotatable bonds is 2. The third kappa shape index (κ3) is 2.31. The van der Waals surface area contributed by atoms with Crippen LogP contribution in [0.15, 0.2) is 54.6 Å². The van der Waals surface area contributed by atoms with Gasteiger partial charge in [0.25, 0.3) is 5.69 Å². The number of hydrogen-bond donors (Lipinski definition) is 1. The van der Waals surface area contributed by atoms with E-state index in [-0.39, 0.29) is 16.7 Å². The Morgan fingerprint density at radius 3 is 2.91 bits per heavy atom. The second-order valence-corrected chi connectivity index (χ2v) is 6.42. The number of nitro benzene ring substituents is 1. The molecule has 2 aromatic rings. The van der Waals surface area contributed by atoms with Gasteiger partial charge in [-0.3, -0.25) is 10.1 Å². The van der Waals surface area contributed by atoms with Crippen LogP contribution >= 0.6 is 0 Å². The summed E-state index contributed by atoms with van der Waals surface area (Å²) < 4.78 is 0. The molecule has 0 aromatic heterocycles. The first-order chi connectivity index (χ1) is 11.1. The number of benzene rings is 2. The van der Waals surface area contributed by atoms with E-state index in [1.165, 1.54) is 11.1 Å². The molecule has 0 spiro atoms. The Morgan fingerprint density at radius 1 is 1.22 bits per heavy atom. The minimum Gasteiger partial charge on any atom is -0.378 e. The lowest BCUT2D eigenvalue weighted by atomic mass is 9.76. The number of anilines is 1. The molecule has 116 valence electrons. The van der Waals surface area contributed by atoms with Gasteiger partial charge in [-0.1, -0.05) is 42.0 Å². The number of hydrogen-bond acceptors (Lipinski definition) is 3. The van der Waals surface area contributed by atoms with Crippen LogP contribution in [0.25, 0.3) is 0 Å². The Bertz CT molecular complexity index is 813. The average molecular weight is 306 g/mol. The molecule has 2 aliphatic rings. The van der Waals surface area contributed by atoms with Crippen LogP contribution in [-0.2, 0) is 0 Å². The van der Waals surface area contributed by atoms with E-state index in [1.54, 1.807) is 18.2 Å². The van der Waals surface area contributed by atoms with E-state index in [2.05, 4.69) is 42.6 Å². The zero-order chi connectivity index (χ0) is 16.0. The van der Waals surface area contributed by atoms with Gasteiger partial charge in [0.2, 0.25) is 0 Å². The minimum atomic E-state index is -0.325. The summed E-state index contributed by atoms with van der Waals surface area (Å²) in [6.45, 7) is 2.11. The fourth-order valence-electron chi connectivity index (χ4n) is 3.88. The molecule has 0 saturated heterocycles. The van der Waals surface area contributed by atoms with Crippen LogP contribution in [-0.4, -0.2) is 4.92 Å². The standard InChI is InChI=1S/C19H18N2O2/c1-12-8-9-18-17(10-12)15-6-3-7-16(15)19(20-18)13-4-2-5-14(11-13)21(22)23/h2-6,8-11,15-16,19-20H,7H2,1H3/t15-,16-,19-/m1/s1. The molecule has 0 amide bonds. The Morgan fingerprint density at radius 2 is 2.09 bits per heavy atom. The van der Waals surface area contributed by atoms with Gasteiger partial charge in [-0.15, -0.1) is 0 Å². The average Bonchev–Trinajstić information content (AvgIpc) is 3.04. The molecule has 0 radical (unpaired) electrons. The first kappa shape index (κ1) is 14.0. The normalized spacial score (nSPS) is 24.7. The molecule has 3 atom stereocenters. The van der Waals surface area contributed by atoms with Crippen LogP contribution in [0.2, 0.25) is 0 Å². The van der Waals surface area contributed by atoms with E-state index in [1.807, 2.05) is 6.07 Å². The van der Waals surface area contributed by atoms with Crippen molar-refractivity contribution < 1.29 is 4.92 Å². The van der Waals surface area contributed by atoms with Crippen molar-refractivity contribution in [3.63, 3.8) is 0 Å². The molecule has 1 aliphatic carbocycles. The second-order valence-electron chi connectivity index (χ2n) is 6.42. The molecule has 0 saturated carbocycles. The number of non-ortho nitro benzene ring substituents is 1. The number of nitro groups is 1. The molecule has 23 heavy (non-hydrogen) atoms. The summed E-state index contributed by atoms with van der Waals surface area (Å²) in [5.74, 6) is 0.793. The molecule has 4 heteroatoms. The fourth-order valence-corrected chi connectivity index (χ4v) is 3.88. The van der Waals surface area contributed by atoms with E-state index in [9.17, 15) is 10.1 Å². The third-order valence-corrected chi connectivity index (χ3v) is 4.96. The van der Waals surface area contributed by atoms with Gasteiger partial charge in [-0.2, -0.15) is 0 Å². The number of allylic oxidation sites excluding steroid dienone is 2. The molecular formula is C19H18N2O2. The molecule has 0 bridgehead atoms. The number of aryl methyl sites for hydroxylation is 1. The Labute approximate surface area is 135 Å². The Balaban J connectivity index is 1.78. The molecule has 0 unspecified atom stereocenters. The summed E-state index contributed by atoms with van der Waals surface area (Å²) in [4.78, 5) is 10.7. The van der Waals surface area contributed by atoms with Crippen LogP contribution < -0.4 is 5.32 Å². The maximum atomic E-state index is 11.1. The Kier molecular flexibility index (Phi) is 3.18. The highest BCUT2D eigenvalue weighted by Gasteiger charge is 2.38. The van der Waals surface area contributed by atoms with Crippen molar-refractivity contribution in [2.45, 2.75) is 25.3 Å². The quantitative estimate of drug-likeness (QED) is 0.496. The van der Waals surface area contributed by atoms with E-state index < -0.39 is 0 Å². The van der Waals surface area contributed by atoms with Crippen molar-refractivity contribution in [3.8, 4) is 0 Å². The zero-order valence-electron chi connectivity index (χ0n) is 12.9. The smallest absolute Gasteiger partial charge is 0.269 e. The zero-order valence-corrected chi connectivity index (χ0v) is 12.9. The molecule has 1 heterocycles. The summed E-state index contributed by atoms with van der Waals surface area (Å²) in [6.07, 6.45) is 5.52. The molecule has 0 fully saturated rings. The highest BCUT2D eigenvalue weighted by atomic mass is 16.6. The lowest BCUT2D eigenvalue weighted by Gasteiger charge is -2.37. The number of fused-ring (bicyclic) bond motifs is 3. The van der Waals surface area contributed by atoms with Crippen molar-refractivity contribution in [2.24, 2.45) is 5.92 Å². The fraction of sp³-hybridized carbons (Fsp3) is 0.263. The van der Waals surface area contributed by atoms with Crippen molar-refractivity contribution >= 4 is 11.4 Å². The topological polar surface area (TPSA) is 55.2 Å². The van der Waals surface area contributed by atoms with Gasteiger partial charge in [-0.25, -0.2) is 0 Å². The molecule has 2 aromatic carbocycles. The Hall–Kier alpha value is -2.62. The van der Waals surface area contributed by atoms with Crippen LogP contribution in [0.4, 0.5) is 11.4 Å². The lowest BCUT2D eigenvalue weighted by molar-refractivity contribution is -0.384. The monoisotopic (exact) mass is 306 g/mol. The second kappa shape index (κ2) is 5.23. The molecule has 4 nitrogen and oxygen atoms in total. The number of nitrogens with one attached hydrogen (secondary N) is 1. The minimum absolute atomic E-state index is 0.102. The summed E-state index contributed by atoms with van der Waals surface area (Å²) in [7, 11) is 0. The SMILES string of the molecule is Cc1ccc2c(c1)[C@@H]1C=CC[C@H]1[C@@H](c1cccc([N+](=O)[O-])c1)N2. The van der Waals surface area contributed by atoms with Gasteiger partial charge in [-0.05, 0) is 36.5 Å². The van der Waals surface area contributed by atoms with Crippen molar-refractivity contribution in [1.82, 2.24) is 0 Å². The van der Waals surface area contributed by atoms with Crippen LogP contribution in [0, 0.1) is 23.0 Å². The maximum Gasteiger partial charge on any atom is 0.269 e. The first-order valence-electron chi connectivity index (χ1n) is 7.91. The molecule has 4 rings (SSSR count). The molecule has 1 N–H and O–H groups in total. The van der Waals surface area contributed by atoms with Gasteiger partial charge in [0, 0.05) is 23.7 Å². The van der Waals surface area contributed by atoms with Gasteiger partial charge in [0.1, 0.15) is 0 Å². The highest BCUT2D eigenvalue weighted by Crippen LogP contribution is 2.50.